The summed E-state index contributed by atoms with van der Waals surface area (Å²) in [6, 6.07) is 3.52. The quantitative estimate of drug-likeness (QED) is 0.739. The molecule has 8 nitrogen and oxygen atoms in total. The molecule has 9 heteroatoms. The summed E-state index contributed by atoms with van der Waals surface area (Å²) in [7, 11) is -0.807. The number of carbonyl (C=O) groups excluding carboxylic acids is 2. The molecule has 1 aromatic carbocycles. The zero-order valence-corrected chi connectivity index (χ0v) is 14.8. The maximum atomic E-state index is 13.2. The number of hydrogen-bond acceptors (Lipinski definition) is 6. The Bertz CT molecular complexity index is 793. The van der Waals surface area contributed by atoms with Crippen molar-refractivity contribution in [2.24, 2.45) is 0 Å². The van der Waals surface area contributed by atoms with Crippen LogP contribution in [0.1, 0.15) is 23.2 Å². The van der Waals surface area contributed by atoms with Gasteiger partial charge >= 0.3 is 0 Å². The van der Waals surface area contributed by atoms with Crippen LogP contribution in [-0.2, 0) is 24.3 Å². The first-order chi connectivity index (χ1) is 11.9. The van der Waals surface area contributed by atoms with Crippen molar-refractivity contribution in [3.05, 3.63) is 23.8 Å². The Kier molecular flexibility index (Phi) is 4.92. The molecule has 1 fully saturated rings. The summed E-state index contributed by atoms with van der Waals surface area (Å²) < 4.78 is 38.1. The molecule has 2 heterocycles. The molecule has 0 bridgehead atoms. The summed E-state index contributed by atoms with van der Waals surface area (Å²) in [6.45, 7) is 0.562. The minimum absolute atomic E-state index is 0.0137. The van der Waals surface area contributed by atoms with Crippen LogP contribution in [0.3, 0.4) is 0 Å². The summed E-state index contributed by atoms with van der Waals surface area (Å²) in [4.78, 5) is 23.3. The zero-order chi connectivity index (χ0) is 18.2. The highest BCUT2D eigenvalue weighted by Crippen LogP contribution is 2.33. The van der Waals surface area contributed by atoms with Gasteiger partial charge in [0.2, 0.25) is 10.0 Å². The van der Waals surface area contributed by atoms with Crippen LogP contribution >= 0.6 is 0 Å². The molecule has 0 aromatic heterocycles. The fourth-order valence-electron chi connectivity index (χ4n) is 3.43. The monoisotopic (exact) mass is 368 g/mol. The van der Waals surface area contributed by atoms with Gasteiger partial charge in [0.25, 0.3) is 11.7 Å². The summed E-state index contributed by atoms with van der Waals surface area (Å²) in [5.41, 5.74) is 0.411. The Hall–Kier alpha value is -1.81. The van der Waals surface area contributed by atoms with Gasteiger partial charge in [0.15, 0.2) is 0 Å². The highest BCUT2D eigenvalue weighted by molar-refractivity contribution is 7.89. The van der Waals surface area contributed by atoms with Gasteiger partial charge in [-0.2, -0.15) is 4.31 Å². The average Bonchev–Trinajstić information content (AvgIpc) is 3.10. The number of sulfonamides is 1. The van der Waals surface area contributed by atoms with Crippen molar-refractivity contribution in [3.63, 3.8) is 0 Å². The van der Waals surface area contributed by atoms with Crippen LogP contribution in [0.2, 0.25) is 0 Å². The lowest BCUT2D eigenvalue weighted by molar-refractivity contribution is -0.112. The number of nitrogens with one attached hydrogen (secondary N) is 1. The third kappa shape index (κ3) is 3.08. The van der Waals surface area contributed by atoms with Crippen LogP contribution in [0.4, 0.5) is 5.69 Å². The van der Waals surface area contributed by atoms with E-state index in [9.17, 15) is 18.0 Å². The second kappa shape index (κ2) is 6.83. The zero-order valence-electron chi connectivity index (χ0n) is 14.0. The fraction of sp³-hybridized carbons (Fsp3) is 0.500. The van der Waals surface area contributed by atoms with E-state index in [0.717, 1.165) is 0 Å². The van der Waals surface area contributed by atoms with Crippen LogP contribution in [0.15, 0.2) is 23.1 Å². The largest absolute Gasteiger partial charge is 0.383 e. The molecule has 2 aliphatic rings. The Labute approximate surface area is 146 Å². The fourth-order valence-corrected chi connectivity index (χ4v) is 5.30. The van der Waals surface area contributed by atoms with Crippen molar-refractivity contribution in [2.45, 2.75) is 29.8 Å². The molecular weight excluding hydrogens is 348 g/mol. The van der Waals surface area contributed by atoms with Gasteiger partial charge in [-0.1, -0.05) is 0 Å². The Balaban J connectivity index is 2.00. The van der Waals surface area contributed by atoms with E-state index in [4.69, 9.17) is 9.47 Å². The number of rotatable bonds is 6. The van der Waals surface area contributed by atoms with Crippen LogP contribution < -0.4 is 5.32 Å². The Morgan fingerprint density at radius 2 is 1.72 bits per heavy atom. The SMILES string of the molecule is COC[C@H]1CC[C@@H](COC)N1S(=O)(=O)c1ccc2c(c1)C(=O)C(=O)N2. The molecular formula is C16H20N2O6S. The number of fused-ring (bicyclic) bond motifs is 1. The highest BCUT2D eigenvalue weighted by atomic mass is 32.2. The van der Waals surface area contributed by atoms with Crippen molar-refractivity contribution in [3.8, 4) is 0 Å². The standard InChI is InChI=1S/C16H20N2O6S/c1-23-8-10-3-4-11(9-24-2)18(10)25(21,22)12-5-6-14-13(7-12)15(19)16(20)17-14/h5-7,10-11H,3-4,8-9H2,1-2H3,(H,17,19,20)/t10-,11+. The number of benzene rings is 1. The predicted octanol–water partition coefficient (Wildman–Crippen LogP) is 0.636. The second-order valence-electron chi connectivity index (χ2n) is 6.12. The number of nitrogens with zero attached hydrogens (tertiary/aromatic N) is 1. The number of anilines is 1. The van der Waals surface area contributed by atoms with Gasteiger partial charge in [-0.3, -0.25) is 9.59 Å². The molecule has 1 saturated heterocycles. The van der Waals surface area contributed by atoms with Gasteiger partial charge in [0, 0.05) is 26.3 Å². The molecule has 1 amide bonds. The normalized spacial score (nSPS) is 23.8. The van der Waals surface area contributed by atoms with E-state index in [1.54, 1.807) is 0 Å². The summed E-state index contributed by atoms with van der Waals surface area (Å²) in [5.74, 6) is -1.48. The van der Waals surface area contributed by atoms with E-state index in [1.165, 1.54) is 36.7 Å². The smallest absolute Gasteiger partial charge is 0.296 e. The lowest BCUT2D eigenvalue weighted by Gasteiger charge is -2.29. The maximum Gasteiger partial charge on any atom is 0.296 e. The highest BCUT2D eigenvalue weighted by Gasteiger charge is 2.43. The van der Waals surface area contributed by atoms with Crippen molar-refractivity contribution < 1.29 is 27.5 Å². The summed E-state index contributed by atoms with van der Waals surface area (Å²) >= 11 is 0. The molecule has 25 heavy (non-hydrogen) atoms. The average molecular weight is 368 g/mol. The molecule has 3 rings (SSSR count). The first-order valence-corrected chi connectivity index (χ1v) is 9.35. The molecule has 0 unspecified atom stereocenters. The number of carbonyl (C=O) groups is 2. The van der Waals surface area contributed by atoms with E-state index in [2.05, 4.69) is 5.32 Å². The van der Waals surface area contributed by atoms with E-state index in [-0.39, 0.29) is 35.8 Å². The minimum atomic E-state index is -3.86. The van der Waals surface area contributed by atoms with E-state index < -0.39 is 21.7 Å². The van der Waals surface area contributed by atoms with Crippen LogP contribution in [0.25, 0.3) is 0 Å². The Morgan fingerprint density at radius 1 is 1.12 bits per heavy atom. The molecule has 0 saturated carbocycles. The molecule has 1 aromatic rings. The molecule has 2 aliphatic heterocycles. The number of ether oxygens (including phenoxy) is 2. The lowest BCUT2D eigenvalue weighted by atomic mass is 10.1. The molecule has 0 aliphatic carbocycles. The first-order valence-electron chi connectivity index (χ1n) is 7.91. The molecule has 136 valence electrons. The van der Waals surface area contributed by atoms with Crippen LogP contribution in [0, 0.1) is 0 Å². The van der Waals surface area contributed by atoms with Gasteiger partial charge < -0.3 is 14.8 Å². The number of ketones is 1. The number of amides is 1. The van der Waals surface area contributed by atoms with Crippen molar-refractivity contribution >= 4 is 27.4 Å². The minimum Gasteiger partial charge on any atom is -0.383 e. The van der Waals surface area contributed by atoms with Crippen LogP contribution in [-0.4, -0.2) is 63.9 Å². The predicted molar refractivity (Wildman–Crippen MR) is 89.0 cm³/mol. The van der Waals surface area contributed by atoms with Crippen molar-refractivity contribution in [1.29, 1.82) is 0 Å². The summed E-state index contributed by atoms with van der Waals surface area (Å²) in [5, 5.41) is 2.42. The number of hydrogen-bond donors (Lipinski definition) is 1. The molecule has 0 spiro atoms. The Morgan fingerprint density at radius 3 is 2.28 bits per heavy atom. The maximum absolute atomic E-state index is 13.2. The van der Waals surface area contributed by atoms with Gasteiger partial charge in [-0.25, -0.2) is 8.42 Å². The van der Waals surface area contributed by atoms with Gasteiger partial charge in [0.05, 0.1) is 29.4 Å². The lowest BCUT2D eigenvalue weighted by Crippen LogP contribution is -2.44. The van der Waals surface area contributed by atoms with Gasteiger partial charge in [-0.15, -0.1) is 0 Å². The second-order valence-corrected chi connectivity index (χ2v) is 7.96. The van der Waals surface area contributed by atoms with E-state index >= 15 is 0 Å². The van der Waals surface area contributed by atoms with Crippen molar-refractivity contribution in [1.82, 2.24) is 4.31 Å². The summed E-state index contributed by atoms with van der Waals surface area (Å²) in [6.07, 6.45) is 1.34. The third-order valence-electron chi connectivity index (χ3n) is 4.54. The van der Waals surface area contributed by atoms with Crippen molar-refractivity contribution in [2.75, 3.05) is 32.8 Å². The van der Waals surface area contributed by atoms with Gasteiger partial charge in [0.1, 0.15) is 0 Å². The number of Topliss-reactive ketones (excluding diaryl/α,β-unsaturated/α-hetero) is 1. The van der Waals surface area contributed by atoms with E-state index in [1.807, 2.05) is 0 Å². The first kappa shape index (κ1) is 18.0. The third-order valence-corrected chi connectivity index (χ3v) is 6.54. The molecule has 0 radical (unpaired) electrons. The molecule has 2 atom stereocenters. The van der Waals surface area contributed by atoms with Gasteiger partial charge in [-0.05, 0) is 31.0 Å². The number of methoxy groups -OCH3 is 2. The topological polar surface area (TPSA) is 102 Å². The molecule has 1 N–H and O–H groups in total. The van der Waals surface area contributed by atoms with Crippen LogP contribution in [0.5, 0.6) is 0 Å². The van der Waals surface area contributed by atoms with E-state index in [0.29, 0.717) is 18.5 Å².